The molecule has 3 rings (SSSR count). The molecule has 0 saturated heterocycles. The third kappa shape index (κ3) is 6.70. The largest absolute Gasteiger partial charge is 0.489 e. The van der Waals surface area contributed by atoms with Crippen LogP contribution in [0, 0.1) is 0 Å². The van der Waals surface area contributed by atoms with E-state index in [0.29, 0.717) is 23.6 Å². The second kappa shape index (κ2) is 10.8. The lowest BCUT2D eigenvalue weighted by Gasteiger charge is -2.15. The van der Waals surface area contributed by atoms with E-state index in [9.17, 15) is 19.5 Å². The molecule has 7 nitrogen and oxygen atoms in total. The molecule has 3 N–H and O–H groups in total. The van der Waals surface area contributed by atoms with Crippen LogP contribution in [-0.2, 0) is 22.6 Å². The molecule has 0 aliphatic rings. The lowest BCUT2D eigenvalue weighted by atomic mass is 10.0. The summed E-state index contributed by atoms with van der Waals surface area (Å²) < 4.78 is 5.74. The van der Waals surface area contributed by atoms with Gasteiger partial charge in [-0.15, -0.1) is 0 Å². The second-order valence-corrected chi connectivity index (χ2v) is 7.25. The summed E-state index contributed by atoms with van der Waals surface area (Å²) in [5, 5.41) is 14.7. The van der Waals surface area contributed by atoms with Gasteiger partial charge in [-0.1, -0.05) is 42.5 Å². The van der Waals surface area contributed by atoms with Gasteiger partial charge in [-0.25, -0.2) is 4.79 Å². The monoisotopic (exact) mass is 432 g/mol. The van der Waals surface area contributed by atoms with Crippen LogP contribution in [0.1, 0.15) is 28.4 Å². The quantitative estimate of drug-likeness (QED) is 0.479. The number of hydrogen-bond donors (Lipinski definition) is 3. The van der Waals surface area contributed by atoms with Crippen molar-refractivity contribution in [3.8, 4) is 5.75 Å². The van der Waals surface area contributed by atoms with Gasteiger partial charge in [0.1, 0.15) is 18.4 Å². The summed E-state index contributed by atoms with van der Waals surface area (Å²) in [7, 11) is 0. The molecule has 0 unspecified atom stereocenters. The maximum Gasteiger partial charge on any atom is 0.326 e. The normalized spacial score (nSPS) is 11.3. The molecule has 0 aliphatic heterocycles. The Morgan fingerprint density at radius 1 is 0.875 bits per heavy atom. The van der Waals surface area contributed by atoms with Gasteiger partial charge in [-0.05, 0) is 47.5 Å². The predicted octanol–water partition coefficient (Wildman–Crippen LogP) is 3.65. The molecular formula is C25H24N2O5. The van der Waals surface area contributed by atoms with E-state index in [2.05, 4.69) is 10.6 Å². The summed E-state index contributed by atoms with van der Waals surface area (Å²) in [5.41, 5.74) is 2.66. The van der Waals surface area contributed by atoms with E-state index in [0.717, 1.165) is 11.1 Å². The minimum Gasteiger partial charge on any atom is -0.489 e. The van der Waals surface area contributed by atoms with Gasteiger partial charge in [0.15, 0.2) is 0 Å². The number of ether oxygens (including phenoxy) is 1. The fourth-order valence-electron chi connectivity index (χ4n) is 3.05. The molecule has 2 amide bonds. The van der Waals surface area contributed by atoms with Gasteiger partial charge in [0, 0.05) is 24.6 Å². The zero-order chi connectivity index (χ0) is 22.9. The Balaban J connectivity index is 1.58. The SMILES string of the molecule is CC(=O)Nc1ccc(C(=O)N[C@@H](Cc2ccc(OCc3ccccc3)cc2)C(=O)O)cc1. The third-order valence-electron chi connectivity index (χ3n) is 4.68. The highest BCUT2D eigenvalue weighted by atomic mass is 16.5. The van der Waals surface area contributed by atoms with Crippen molar-refractivity contribution in [1.82, 2.24) is 5.32 Å². The van der Waals surface area contributed by atoms with Crippen molar-refractivity contribution in [2.24, 2.45) is 0 Å². The van der Waals surface area contributed by atoms with E-state index < -0.39 is 17.9 Å². The molecule has 1 atom stereocenters. The number of carboxylic acids is 1. The van der Waals surface area contributed by atoms with Gasteiger partial charge in [0.25, 0.3) is 5.91 Å². The zero-order valence-electron chi connectivity index (χ0n) is 17.6. The molecule has 32 heavy (non-hydrogen) atoms. The lowest BCUT2D eigenvalue weighted by Crippen LogP contribution is -2.42. The first kappa shape index (κ1) is 22.6. The highest BCUT2D eigenvalue weighted by Gasteiger charge is 2.21. The standard InChI is InChI=1S/C25H24N2O5/c1-17(28)26-21-11-9-20(10-12-21)24(29)27-23(25(30)31)15-18-7-13-22(14-8-18)32-16-19-5-3-2-4-6-19/h2-14,23H,15-16H2,1H3,(H,26,28)(H,27,29)(H,30,31)/t23-/m0/s1. The summed E-state index contributed by atoms with van der Waals surface area (Å²) >= 11 is 0. The van der Waals surface area contributed by atoms with Crippen LogP contribution < -0.4 is 15.4 Å². The van der Waals surface area contributed by atoms with E-state index in [1.165, 1.54) is 19.1 Å². The van der Waals surface area contributed by atoms with Crippen molar-refractivity contribution >= 4 is 23.5 Å². The van der Waals surface area contributed by atoms with Crippen molar-refractivity contribution in [2.75, 3.05) is 5.32 Å². The molecule has 0 aliphatic carbocycles. The molecular weight excluding hydrogens is 408 g/mol. The van der Waals surface area contributed by atoms with Gasteiger partial charge < -0.3 is 20.5 Å². The summed E-state index contributed by atoms with van der Waals surface area (Å²) in [6.45, 7) is 1.83. The predicted molar refractivity (Wildman–Crippen MR) is 121 cm³/mol. The average molecular weight is 432 g/mol. The summed E-state index contributed by atoms with van der Waals surface area (Å²) in [6, 6.07) is 22.0. The van der Waals surface area contributed by atoms with Crippen LogP contribution in [0.2, 0.25) is 0 Å². The fraction of sp³-hybridized carbons (Fsp3) is 0.160. The van der Waals surface area contributed by atoms with Crippen molar-refractivity contribution in [1.29, 1.82) is 0 Å². The van der Waals surface area contributed by atoms with E-state index in [1.807, 2.05) is 30.3 Å². The highest BCUT2D eigenvalue weighted by Crippen LogP contribution is 2.16. The van der Waals surface area contributed by atoms with E-state index in [1.54, 1.807) is 36.4 Å². The molecule has 0 fully saturated rings. The molecule has 0 radical (unpaired) electrons. The van der Waals surface area contributed by atoms with Crippen molar-refractivity contribution < 1.29 is 24.2 Å². The van der Waals surface area contributed by atoms with Crippen LogP contribution in [0.3, 0.4) is 0 Å². The van der Waals surface area contributed by atoms with Gasteiger partial charge >= 0.3 is 5.97 Å². The number of nitrogens with one attached hydrogen (secondary N) is 2. The van der Waals surface area contributed by atoms with Crippen LogP contribution in [0.5, 0.6) is 5.75 Å². The van der Waals surface area contributed by atoms with Crippen LogP contribution in [0.15, 0.2) is 78.9 Å². The van der Waals surface area contributed by atoms with E-state index in [4.69, 9.17) is 4.74 Å². The number of hydrogen-bond acceptors (Lipinski definition) is 4. The molecule has 0 saturated carbocycles. The van der Waals surface area contributed by atoms with Gasteiger partial charge in [-0.2, -0.15) is 0 Å². The number of carbonyl (C=O) groups is 3. The average Bonchev–Trinajstić information content (AvgIpc) is 2.79. The minimum atomic E-state index is -1.13. The molecule has 164 valence electrons. The number of carbonyl (C=O) groups excluding carboxylic acids is 2. The molecule has 0 spiro atoms. The first-order valence-electron chi connectivity index (χ1n) is 10.1. The van der Waals surface area contributed by atoms with Crippen molar-refractivity contribution in [2.45, 2.75) is 26.0 Å². The van der Waals surface area contributed by atoms with Crippen LogP contribution in [0.4, 0.5) is 5.69 Å². The van der Waals surface area contributed by atoms with Crippen LogP contribution >= 0.6 is 0 Å². The number of rotatable bonds is 9. The van der Waals surface area contributed by atoms with Crippen LogP contribution in [0.25, 0.3) is 0 Å². The number of aliphatic carboxylic acids is 1. The molecule has 0 bridgehead atoms. The maximum atomic E-state index is 12.5. The Morgan fingerprint density at radius 2 is 1.53 bits per heavy atom. The van der Waals surface area contributed by atoms with Gasteiger partial charge in [0.2, 0.25) is 5.91 Å². The topological polar surface area (TPSA) is 105 Å². The number of amides is 2. The van der Waals surface area contributed by atoms with E-state index in [-0.39, 0.29) is 12.3 Å². The van der Waals surface area contributed by atoms with Crippen LogP contribution in [-0.4, -0.2) is 28.9 Å². The number of carboxylic acid groups (broad SMARTS) is 1. The Morgan fingerprint density at radius 3 is 2.12 bits per heavy atom. The fourth-order valence-corrected chi connectivity index (χ4v) is 3.05. The maximum absolute atomic E-state index is 12.5. The van der Waals surface area contributed by atoms with Crippen molar-refractivity contribution in [3.63, 3.8) is 0 Å². The lowest BCUT2D eigenvalue weighted by molar-refractivity contribution is -0.139. The Kier molecular flexibility index (Phi) is 7.59. The number of anilines is 1. The number of benzene rings is 3. The Bertz CT molecular complexity index is 1060. The smallest absolute Gasteiger partial charge is 0.326 e. The first-order valence-corrected chi connectivity index (χ1v) is 10.1. The summed E-state index contributed by atoms with van der Waals surface area (Å²) in [4.78, 5) is 35.2. The second-order valence-electron chi connectivity index (χ2n) is 7.25. The van der Waals surface area contributed by atoms with Gasteiger partial charge in [-0.3, -0.25) is 9.59 Å². The molecule has 7 heteroatoms. The van der Waals surface area contributed by atoms with Crippen molar-refractivity contribution in [3.05, 3.63) is 95.6 Å². The van der Waals surface area contributed by atoms with Gasteiger partial charge in [0.05, 0.1) is 0 Å². The summed E-state index contributed by atoms with van der Waals surface area (Å²) in [5.74, 6) is -1.18. The molecule has 0 heterocycles. The first-order chi connectivity index (χ1) is 15.4. The molecule has 3 aromatic rings. The zero-order valence-corrected chi connectivity index (χ0v) is 17.6. The molecule has 0 aromatic heterocycles. The van der Waals surface area contributed by atoms with E-state index >= 15 is 0 Å². The summed E-state index contributed by atoms with van der Waals surface area (Å²) in [6.07, 6.45) is 0.129. The highest BCUT2D eigenvalue weighted by molar-refractivity contribution is 5.97. The Labute approximate surface area is 186 Å². The Hall–Kier alpha value is -4.13. The minimum absolute atomic E-state index is 0.129. The molecule has 3 aromatic carbocycles. The third-order valence-corrected chi connectivity index (χ3v) is 4.68.